The number of aliphatic hydroxyl groups is 1. The second kappa shape index (κ2) is 7.83. The van der Waals surface area contributed by atoms with Crippen molar-refractivity contribution >= 4 is 29.0 Å². The minimum Gasteiger partial charge on any atom is -0.389 e. The predicted octanol–water partition coefficient (Wildman–Crippen LogP) is 1.49. The van der Waals surface area contributed by atoms with E-state index in [2.05, 4.69) is 15.4 Å². The molecule has 2 fully saturated rings. The summed E-state index contributed by atoms with van der Waals surface area (Å²) in [5.41, 5.74) is 0.838. The van der Waals surface area contributed by atoms with Gasteiger partial charge >= 0.3 is 11.8 Å². The van der Waals surface area contributed by atoms with Crippen molar-refractivity contribution in [2.75, 3.05) is 29.9 Å². The highest BCUT2D eigenvalue weighted by Crippen LogP contribution is 2.37. The molecule has 4 heterocycles. The third kappa shape index (κ3) is 3.54. The number of likely N-dealkylation sites (tertiary alicyclic amines) is 1. The van der Waals surface area contributed by atoms with E-state index in [1.165, 1.54) is 21.7 Å². The zero-order valence-electron chi connectivity index (χ0n) is 16.9. The van der Waals surface area contributed by atoms with Crippen molar-refractivity contribution < 1.29 is 23.5 Å². The average Bonchev–Trinajstić information content (AvgIpc) is 3.39. The molecular formula is C21H20F2N6O3. The lowest BCUT2D eigenvalue weighted by Crippen LogP contribution is -2.56. The fourth-order valence-electron chi connectivity index (χ4n) is 4.18. The quantitative estimate of drug-likeness (QED) is 0.596. The molecule has 32 heavy (non-hydrogen) atoms. The largest absolute Gasteiger partial charge is 0.389 e. The highest BCUT2D eigenvalue weighted by molar-refractivity contribution is 6.40. The van der Waals surface area contributed by atoms with Crippen LogP contribution in [0.3, 0.4) is 0 Å². The molecule has 0 aliphatic carbocycles. The van der Waals surface area contributed by atoms with Crippen LogP contribution in [0.4, 0.5) is 20.3 Å². The molecule has 5 rings (SSSR count). The van der Waals surface area contributed by atoms with Gasteiger partial charge in [0.1, 0.15) is 23.1 Å². The van der Waals surface area contributed by atoms with E-state index in [1.807, 2.05) is 4.90 Å². The van der Waals surface area contributed by atoms with Gasteiger partial charge < -0.3 is 20.2 Å². The maximum absolute atomic E-state index is 14.4. The Bertz CT molecular complexity index is 1210. The van der Waals surface area contributed by atoms with Gasteiger partial charge in [-0.2, -0.15) is 5.10 Å². The molecular weight excluding hydrogens is 422 g/mol. The van der Waals surface area contributed by atoms with Crippen molar-refractivity contribution in [2.45, 2.75) is 25.0 Å². The molecule has 11 heteroatoms. The maximum Gasteiger partial charge on any atom is 0.314 e. The fourth-order valence-corrected chi connectivity index (χ4v) is 4.18. The Hall–Kier alpha value is -3.60. The Morgan fingerprint density at radius 2 is 2.00 bits per heavy atom. The van der Waals surface area contributed by atoms with E-state index in [9.17, 15) is 23.5 Å². The minimum atomic E-state index is -0.847. The number of rotatable bonds is 3. The van der Waals surface area contributed by atoms with E-state index < -0.39 is 29.6 Å². The molecule has 2 saturated heterocycles. The van der Waals surface area contributed by atoms with Crippen LogP contribution < -0.4 is 10.2 Å². The number of β-amino-alcohol motifs (C(OH)–C–C–N with tert-alkyl or cyclic N) is 1. The monoisotopic (exact) mass is 442 g/mol. The number of anilines is 2. The summed E-state index contributed by atoms with van der Waals surface area (Å²) in [4.78, 5) is 32.2. The Balaban J connectivity index is 1.41. The van der Waals surface area contributed by atoms with Gasteiger partial charge in [0, 0.05) is 31.4 Å². The molecule has 1 aromatic carbocycles. The first-order valence-electron chi connectivity index (χ1n) is 10.2. The summed E-state index contributed by atoms with van der Waals surface area (Å²) in [7, 11) is 0. The number of carbonyl (C=O) groups excluding carboxylic acids is 2. The fraction of sp³-hybridized carbons (Fsp3) is 0.333. The normalized spacial score (nSPS) is 18.8. The Morgan fingerprint density at radius 1 is 1.19 bits per heavy atom. The van der Waals surface area contributed by atoms with Crippen molar-refractivity contribution in [2.24, 2.45) is 0 Å². The number of halogens is 2. The summed E-state index contributed by atoms with van der Waals surface area (Å²) in [6.07, 6.45) is 3.86. The van der Waals surface area contributed by atoms with Crippen molar-refractivity contribution in [1.29, 1.82) is 0 Å². The molecule has 2 aromatic heterocycles. The van der Waals surface area contributed by atoms with E-state index in [-0.39, 0.29) is 30.4 Å². The number of aliphatic hydroxyl groups excluding tert-OH is 1. The summed E-state index contributed by atoms with van der Waals surface area (Å²) < 4.78 is 29.6. The van der Waals surface area contributed by atoms with Crippen LogP contribution in [0.5, 0.6) is 0 Å². The van der Waals surface area contributed by atoms with Gasteiger partial charge in [-0.05, 0) is 37.1 Å². The van der Waals surface area contributed by atoms with Crippen LogP contribution in [-0.4, -0.2) is 62.2 Å². The molecule has 0 bridgehead atoms. The smallest absolute Gasteiger partial charge is 0.314 e. The van der Waals surface area contributed by atoms with Crippen molar-refractivity contribution in [3.8, 4) is 0 Å². The Kier molecular flexibility index (Phi) is 4.97. The molecule has 2 aliphatic heterocycles. The first-order chi connectivity index (χ1) is 15.4. The molecule has 9 nitrogen and oxygen atoms in total. The topological polar surface area (TPSA) is 103 Å². The van der Waals surface area contributed by atoms with Gasteiger partial charge in [0.2, 0.25) is 0 Å². The number of nitrogens with one attached hydrogen (secondary N) is 1. The van der Waals surface area contributed by atoms with E-state index in [4.69, 9.17) is 0 Å². The molecule has 0 unspecified atom stereocenters. The summed E-state index contributed by atoms with van der Waals surface area (Å²) in [5, 5.41) is 16.0. The highest BCUT2D eigenvalue weighted by Gasteiger charge is 2.33. The molecule has 2 N–H and O–H groups in total. The Labute approximate surface area is 181 Å². The van der Waals surface area contributed by atoms with Gasteiger partial charge in [-0.1, -0.05) is 0 Å². The first-order valence-corrected chi connectivity index (χ1v) is 10.2. The zero-order valence-corrected chi connectivity index (χ0v) is 16.9. The van der Waals surface area contributed by atoms with Crippen LogP contribution in [0.15, 0.2) is 36.7 Å². The number of hydrogen-bond donors (Lipinski definition) is 2. The van der Waals surface area contributed by atoms with Crippen LogP contribution in [0.1, 0.15) is 24.4 Å². The number of aromatic nitrogens is 3. The minimum absolute atomic E-state index is 0.121. The van der Waals surface area contributed by atoms with Gasteiger partial charge in [-0.3, -0.25) is 9.59 Å². The first kappa shape index (κ1) is 20.3. The predicted molar refractivity (Wildman–Crippen MR) is 110 cm³/mol. The van der Waals surface area contributed by atoms with Crippen LogP contribution in [0, 0.1) is 11.6 Å². The molecule has 0 saturated carbocycles. The number of hydrogen-bond acceptors (Lipinski definition) is 6. The zero-order chi connectivity index (χ0) is 22.4. The molecule has 3 aromatic rings. The number of amides is 2. The van der Waals surface area contributed by atoms with Gasteiger partial charge in [-0.25, -0.2) is 18.3 Å². The van der Waals surface area contributed by atoms with Crippen LogP contribution in [0.25, 0.3) is 5.65 Å². The number of carbonyl (C=O) groups is 2. The molecule has 2 aliphatic rings. The molecule has 2 amide bonds. The molecule has 166 valence electrons. The molecule has 0 spiro atoms. The summed E-state index contributed by atoms with van der Waals surface area (Å²) >= 11 is 0. The second-order valence-corrected chi connectivity index (χ2v) is 7.95. The summed E-state index contributed by atoms with van der Waals surface area (Å²) in [5.74, 6) is -2.04. The maximum atomic E-state index is 14.4. The second-order valence-electron chi connectivity index (χ2n) is 7.95. The van der Waals surface area contributed by atoms with Gasteiger partial charge in [-0.15, -0.1) is 0 Å². The van der Waals surface area contributed by atoms with Gasteiger partial charge in [0.25, 0.3) is 0 Å². The lowest BCUT2D eigenvalue weighted by Gasteiger charge is -2.35. The summed E-state index contributed by atoms with van der Waals surface area (Å²) in [6, 6.07) is 4.76. The average molecular weight is 442 g/mol. The number of fused-ring (bicyclic) bond motifs is 1. The van der Waals surface area contributed by atoms with Crippen LogP contribution in [-0.2, 0) is 9.59 Å². The SMILES string of the molecule is O=C(Nc1cnn2ccc(N3CCC[C@@H]3c3cc(F)ccc3F)nc12)C(=O)N1CC(O)C1. The summed E-state index contributed by atoms with van der Waals surface area (Å²) in [6.45, 7) is 0.849. The third-order valence-corrected chi connectivity index (χ3v) is 5.81. The van der Waals surface area contributed by atoms with Gasteiger partial charge in [0.05, 0.1) is 18.3 Å². The van der Waals surface area contributed by atoms with E-state index in [1.54, 1.807) is 12.3 Å². The van der Waals surface area contributed by atoms with E-state index in [0.29, 0.717) is 24.4 Å². The van der Waals surface area contributed by atoms with Crippen molar-refractivity contribution in [3.63, 3.8) is 0 Å². The molecule has 0 radical (unpaired) electrons. The van der Waals surface area contributed by atoms with E-state index in [0.717, 1.165) is 18.6 Å². The standard InChI is InChI=1S/C21H20F2N6O3/c22-12-3-4-15(23)14(8-12)17-2-1-6-28(17)18-5-7-29-19(26-18)16(9-24-29)25-20(31)21(32)27-10-13(30)11-27/h3-5,7-9,13,17,30H,1-2,6,10-11H2,(H,25,31)/t17-/m1/s1. The lowest BCUT2D eigenvalue weighted by molar-refractivity contribution is -0.150. The van der Waals surface area contributed by atoms with Crippen molar-refractivity contribution in [3.05, 3.63) is 53.9 Å². The van der Waals surface area contributed by atoms with E-state index >= 15 is 0 Å². The molecule has 1 atom stereocenters. The third-order valence-electron chi connectivity index (χ3n) is 5.81. The lowest BCUT2D eigenvalue weighted by atomic mass is 10.0. The number of nitrogens with zero attached hydrogens (tertiary/aromatic N) is 5. The van der Waals surface area contributed by atoms with Crippen LogP contribution >= 0.6 is 0 Å². The van der Waals surface area contributed by atoms with Crippen molar-refractivity contribution in [1.82, 2.24) is 19.5 Å². The van der Waals surface area contributed by atoms with Gasteiger partial charge in [0.15, 0.2) is 5.65 Å². The highest BCUT2D eigenvalue weighted by atomic mass is 19.1. The number of benzene rings is 1. The van der Waals surface area contributed by atoms with Crippen LogP contribution in [0.2, 0.25) is 0 Å². The Morgan fingerprint density at radius 3 is 2.78 bits per heavy atom.